The minimum atomic E-state index is -0.302. The summed E-state index contributed by atoms with van der Waals surface area (Å²) in [7, 11) is 0. The van der Waals surface area contributed by atoms with Gasteiger partial charge in [-0.15, -0.1) is 11.3 Å². The minimum Gasteiger partial charge on any atom is -0.330 e. The van der Waals surface area contributed by atoms with Crippen LogP contribution in [0.15, 0.2) is 60.0 Å². The fourth-order valence-corrected chi connectivity index (χ4v) is 5.27. The van der Waals surface area contributed by atoms with Crippen LogP contribution >= 0.6 is 11.3 Å². The first-order valence-corrected chi connectivity index (χ1v) is 12.3. The normalized spacial score (nSPS) is 15.4. The average Bonchev–Trinajstić information content (AvgIpc) is 3.31. The Morgan fingerprint density at radius 2 is 1.79 bits per heavy atom. The first-order valence-electron chi connectivity index (χ1n) is 11.4. The lowest BCUT2D eigenvalue weighted by Gasteiger charge is -2.38. The quantitative estimate of drug-likeness (QED) is 0.485. The van der Waals surface area contributed by atoms with Gasteiger partial charge in [0.05, 0.1) is 6.04 Å². The van der Waals surface area contributed by atoms with Crippen LogP contribution in [0.2, 0.25) is 0 Å². The van der Waals surface area contributed by atoms with Gasteiger partial charge in [-0.2, -0.15) is 0 Å². The number of halogens is 1. The summed E-state index contributed by atoms with van der Waals surface area (Å²) < 4.78 is 13.6. The van der Waals surface area contributed by atoms with Crippen molar-refractivity contribution < 1.29 is 14.0 Å². The van der Waals surface area contributed by atoms with Crippen LogP contribution in [-0.4, -0.2) is 40.7 Å². The second-order valence-electron chi connectivity index (χ2n) is 8.67. The molecule has 172 valence electrons. The largest absolute Gasteiger partial charge is 0.330 e. The second kappa shape index (κ2) is 9.87. The second-order valence-corrected chi connectivity index (χ2v) is 9.67. The number of hydrogen-bond acceptors (Lipinski definition) is 3. The van der Waals surface area contributed by atoms with Gasteiger partial charge in [0, 0.05) is 23.0 Å². The third kappa shape index (κ3) is 4.86. The standard InChI is InChI=1S/C27H29FN2O2S/c1-4-19-5-7-21(8-6-19)27(32)30(18(2)3)17-25(31)29-15-13-24-23(14-16-33-24)26(29)20-9-11-22(28)12-10-20/h5-12,14,16,18,26H,4,13,15,17H2,1-3H3. The van der Waals surface area contributed by atoms with Crippen molar-refractivity contribution >= 4 is 23.2 Å². The molecule has 4 nitrogen and oxygen atoms in total. The van der Waals surface area contributed by atoms with E-state index in [9.17, 15) is 14.0 Å². The first-order chi connectivity index (χ1) is 15.9. The molecule has 2 aromatic carbocycles. The highest BCUT2D eigenvalue weighted by Crippen LogP contribution is 2.38. The fourth-order valence-electron chi connectivity index (χ4n) is 4.36. The molecule has 0 bridgehead atoms. The smallest absolute Gasteiger partial charge is 0.254 e. The van der Waals surface area contributed by atoms with Crippen molar-refractivity contribution in [2.24, 2.45) is 0 Å². The maximum absolute atomic E-state index is 13.6. The maximum atomic E-state index is 13.6. The molecule has 1 atom stereocenters. The number of aryl methyl sites for hydroxylation is 1. The van der Waals surface area contributed by atoms with Gasteiger partial charge in [0.2, 0.25) is 5.91 Å². The third-order valence-electron chi connectivity index (χ3n) is 6.27. The number of rotatable bonds is 6. The van der Waals surface area contributed by atoms with Gasteiger partial charge in [0.15, 0.2) is 0 Å². The molecule has 1 aromatic heterocycles. The van der Waals surface area contributed by atoms with E-state index in [0.29, 0.717) is 12.1 Å². The number of thiophene rings is 1. The minimum absolute atomic E-state index is 0.00317. The van der Waals surface area contributed by atoms with Crippen molar-refractivity contribution in [1.82, 2.24) is 9.80 Å². The molecule has 0 radical (unpaired) electrons. The van der Waals surface area contributed by atoms with Gasteiger partial charge in [-0.3, -0.25) is 9.59 Å². The van der Waals surface area contributed by atoms with E-state index in [1.807, 2.05) is 54.5 Å². The van der Waals surface area contributed by atoms with Gasteiger partial charge in [-0.05, 0) is 79.1 Å². The van der Waals surface area contributed by atoms with E-state index in [0.717, 1.165) is 24.0 Å². The molecule has 33 heavy (non-hydrogen) atoms. The highest BCUT2D eigenvalue weighted by Gasteiger charge is 2.34. The molecular weight excluding hydrogens is 435 g/mol. The Morgan fingerprint density at radius 1 is 1.09 bits per heavy atom. The van der Waals surface area contributed by atoms with E-state index >= 15 is 0 Å². The van der Waals surface area contributed by atoms with E-state index < -0.39 is 0 Å². The van der Waals surface area contributed by atoms with Crippen molar-refractivity contribution in [2.75, 3.05) is 13.1 Å². The Balaban J connectivity index is 1.60. The molecule has 1 aliphatic heterocycles. The Bertz CT molecular complexity index is 1120. The zero-order valence-electron chi connectivity index (χ0n) is 19.3. The number of fused-ring (bicyclic) bond motifs is 1. The molecule has 1 aliphatic rings. The lowest BCUT2D eigenvalue weighted by molar-refractivity contribution is -0.134. The van der Waals surface area contributed by atoms with Crippen LogP contribution in [0.3, 0.4) is 0 Å². The summed E-state index contributed by atoms with van der Waals surface area (Å²) in [5, 5.41) is 2.04. The van der Waals surface area contributed by atoms with Crippen LogP contribution in [0.4, 0.5) is 4.39 Å². The van der Waals surface area contributed by atoms with Gasteiger partial charge < -0.3 is 9.80 Å². The topological polar surface area (TPSA) is 40.6 Å². The highest BCUT2D eigenvalue weighted by molar-refractivity contribution is 7.10. The number of carbonyl (C=O) groups is 2. The van der Waals surface area contributed by atoms with E-state index in [1.54, 1.807) is 28.4 Å². The summed E-state index contributed by atoms with van der Waals surface area (Å²) in [6.45, 7) is 6.50. The Hall–Kier alpha value is -2.99. The highest BCUT2D eigenvalue weighted by atomic mass is 32.1. The number of nitrogens with zero attached hydrogens (tertiary/aromatic N) is 2. The summed E-state index contributed by atoms with van der Waals surface area (Å²) in [4.78, 5) is 31.6. The van der Waals surface area contributed by atoms with E-state index in [4.69, 9.17) is 0 Å². The van der Waals surface area contributed by atoms with Gasteiger partial charge in [-0.1, -0.05) is 31.2 Å². The summed E-state index contributed by atoms with van der Waals surface area (Å²) in [5.41, 5.74) is 3.72. The monoisotopic (exact) mass is 464 g/mol. The van der Waals surface area contributed by atoms with Crippen molar-refractivity contribution in [3.63, 3.8) is 0 Å². The lowest BCUT2D eigenvalue weighted by Crippen LogP contribution is -2.48. The van der Waals surface area contributed by atoms with Crippen molar-refractivity contribution in [3.8, 4) is 0 Å². The Labute approximate surface area is 198 Å². The van der Waals surface area contributed by atoms with Crippen LogP contribution in [0, 0.1) is 5.82 Å². The third-order valence-corrected chi connectivity index (χ3v) is 7.27. The Kier molecular flexibility index (Phi) is 6.94. The molecule has 0 fully saturated rings. The molecular formula is C27H29FN2O2S. The zero-order chi connectivity index (χ0) is 23.5. The van der Waals surface area contributed by atoms with Crippen LogP contribution in [0.5, 0.6) is 0 Å². The van der Waals surface area contributed by atoms with Crippen LogP contribution in [-0.2, 0) is 17.6 Å². The molecule has 1 unspecified atom stereocenters. The molecule has 4 rings (SSSR count). The maximum Gasteiger partial charge on any atom is 0.254 e. The Morgan fingerprint density at radius 3 is 2.42 bits per heavy atom. The SMILES string of the molecule is CCc1ccc(C(=O)N(CC(=O)N2CCc3sccc3C2c2ccc(F)cc2)C(C)C)cc1. The number of carbonyl (C=O) groups excluding carboxylic acids is 2. The number of benzene rings is 2. The first kappa shape index (κ1) is 23.2. The van der Waals surface area contributed by atoms with E-state index in [2.05, 4.69) is 6.92 Å². The van der Waals surface area contributed by atoms with Gasteiger partial charge in [0.25, 0.3) is 5.91 Å². The molecule has 3 aromatic rings. The molecule has 2 amide bonds. The van der Waals surface area contributed by atoms with Crippen LogP contribution < -0.4 is 0 Å². The molecule has 0 spiro atoms. The summed E-state index contributed by atoms with van der Waals surface area (Å²) in [5.74, 6) is -0.551. The van der Waals surface area contributed by atoms with Crippen LogP contribution in [0.1, 0.15) is 58.7 Å². The van der Waals surface area contributed by atoms with Gasteiger partial charge in [-0.25, -0.2) is 4.39 Å². The van der Waals surface area contributed by atoms with Crippen molar-refractivity contribution in [2.45, 2.75) is 45.7 Å². The molecule has 0 N–H and O–H groups in total. The summed E-state index contributed by atoms with van der Waals surface area (Å²) in [6, 6.07) is 15.6. The van der Waals surface area contributed by atoms with E-state index in [1.165, 1.54) is 22.6 Å². The van der Waals surface area contributed by atoms with Gasteiger partial charge in [0.1, 0.15) is 12.4 Å². The number of amides is 2. The predicted octanol–water partition coefficient (Wildman–Crippen LogP) is 5.47. The zero-order valence-corrected chi connectivity index (χ0v) is 20.1. The molecule has 0 saturated heterocycles. The summed E-state index contributed by atoms with van der Waals surface area (Å²) >= 11 is 1.69. The lowest BCUT2D eigenvalue weighted by atomic mass is 9.93. The summed E-state index contributed by atoms with van der Waals surface area (Å²) in [6.07, 6.45) is 1.69. The van der Waals surface area contributed by atoms with Gasteiger partial charge >= 0.3 is 0 Å². The predicted molar refractivity (Wildman–Crippen MR) is 130 cm³/mol. The molecule has 0 aliphatic carbocycles. The molecule has 0 saturated carbocycles. The van der Waals surface area contributed by atoms with Crippen molar-refractivity contribution in [3.05, 3.63) is 92.9 Å². The number of hydrogen-bond donors (Lipinski definition) is 0. The van der Waals surface area contributed by atoms with Crippen LogP contribution in [0.25, 0.3) is 0 Å². The fraction of sp³-hybridized carbons (Fsp3) is 0.333. The average molecular weight is 465 g/mol. The van der Waals surface area contributed by atoms with E-state index in [-0.39, 0.29) is 36.3 Å². The van der Waals surface area contributed by atoms with Crippen molar-refractivity contribution in [1.29, 1.82) is 0 Å². The molecule has 6 heteroatoms. The molecule has 2 heterocycles.